The molecule has 5 heteroatoms. The molecular formula is C20H44GeO3Zr-. The fourth-order valence-electron chi connectivity index (χ4n) is 0.815. The van der Waals surface area contributed by atoms with Gasteiger partial charge in [0.1, 0.15) is 0 Å². The Bertz CT molecular complexity index is 190. The van der Waals surface area contributed by atoms with Gasteiger partial charge in [0.05, 0.1) is 0 Å². The summed E-state index contributed by atoms with van der Waals surface area (Å²) >= 11 is -0.333. The number of aliphatic hydroxyl groups excluding tert-OH is 3. The Kier molecular flexibility index (Phi) is 65.0. The molecule has 151 valence electrons. The fraction of sp³-hybridized carbons (Fsp3) is 0.800. The summed E-state index contributed by atoms with van der Waals surface area (Å²) in [5.74, 6) is 7.00. The van der Waals surface area contributed by atoms with Crippen molar-refractivity contribution in [3.05, 3.63) is 24.3 Å². The quantitative estimate of drug-likeness (QED) is 0.358. The summed E-state index contributed by atoms with van der Waals surface area (Å²) < 4.78 is 0. The van der Waals surface area contributed by atoms with E-state index in [9.17, 15) is 0 Å². The van der Waals surface area contributed by atoms with Gasteiger partial charge in [-0.1, -0.05) is 40.0 Å². The van der Waals surface area contributed by atoms with Crippen LogP contribution in [-0.4, -0.2) is 49.5 Å². The molecule has 1 radical (unpaired) electrons. The molecule has 0 unspecified atom stereocenters. The SMILES string of the molecule is CCCCO.CCCCO.CCCCO.[C-]1=CC=CC1.[CH3][Ge]([CH3])[CH3].[Zr]. The van der Waals surface area contributed by atoms with Crippen LogP contribution in [0.2, 0.25) is 17.3 Å². The van der Waals surface area contributed by atoms with Crippen molar-refractivity contribution in [2.24, 2.45) is 0 Å². The molecule has 0 bridgehead atoms. The second-order valence-corrected chi connectivity index (χ2v) is 12.0. The van der Waals surface area contributed by atoms with Crippen molar-refractivity contribution < 1.29 is 41.5 Å². The van der Waals surface area contributed by atoms with Crippen LogP contribution in [0.3, 0.4) is 0 Å². The first-order valence-corrected chi connectivity index (χ1v) is 15.6. The van der Waals surface area contributed by atoms with Crippen LogP contribution in [0.1, 0.15) is 65.7 Å². The van der Waals surface area contributed by atoms with Crippen LogP contribution in [0.5, 0.6) is 0 Å². The average molecular weight is 496 g/mol. The zero-order valence-electron chi connectivity index (χ0n) is 17.6. The summed E-state index contributed by atoms with van der Waals surface area (Å²) in [5.41, 5.74) is 0. The van der Waals surface area contributed by atoms with Crippen LogP contribution in [0.25, 0.3) is 0 Å². The summed E-state index contributed by atoms with van der Waals surface area (Å²) in [7, 11) is 0. The Morgan fingerprint density at radius 2 is 1.12 bits per heavy atom. The van der Waals surface area contributed by atoms with Gasteiger partial charge in [-0.3, -0.25) is 6.08 Å². The van der Waals surface area contributed by atoms with E-state index < -0.39 is 0 Å². The maximum absolute atomic E-state index is 8.07. The van der Waals surface area contributed by atoms with Gasteiger partial charge in [0.25, 0.3) is 0 Å². The maximum atomic E-state index is 8.07. The van der Waals surface area contributed by atoms with Crippen molar-refractivity contribution in [2.45, 2.75) is 83.0 Å². The minimum absolute atomic E-state index is 0. The van der Waals surface area contributed by atoms with Crippen LogP contribution in [0.15, 0.2) is 18.2 Å². The van der Waals surface area contributed by atoms with Gasteiger partial charge in [-0.15, -0.1) is 6.42 Å². The molecule has 0 spiro atoms. The first kappa shape index (κ1) is 36.7. The van der Waals surface area contributed by atoms with Gasteiger partial charge in [-0.2, -0.15) is 6.08 Å². The van der Waals surface area contributed by atoms with Crippen molar-refractivity contribution in [1.82, 2.24) is 0 Å². The molecule has 0 atom stereocenters. The molecule has 25 heavy (non-hydrogen) atoms. The monoisotopic (exact) mass is 496 g/mol. The molecule has 0 saturated heterocycles. The molecule has 0 aromatic rings. The van der Waals surface area contributed by atoms with E-state index in [4.69, 9.17) is 15.3 Å². The second-order valence-electron chi connectivity index (χ2n) is 5.73. The van der Waals surface area contributed by atoms with E-state index in [0.29, 0.717) is 19.8 Å². The van der Waals surface area contributed by atoms with Crippen LogP contribution in [0.4, 0.5) is 0 Å². The Hall–Kier alpha value is 0.786. The van der Waals surface area contributed by atoms with Gasteiger partial charge in [0, 0.05) is 46.0 Å². The first-order chi connectivity index (χ1) is 11.5. The summed E-state index contributed by atoms with van der Waals surface area (Å²) in [5, 5.41) is 24.2. The van der Waals surface area contributed by atoms with Gasteiger partial charge >= 0.3 is 31.6 Å². The maximum Gasteiger partial charge on any atom is 0 e. The molecule has 0 saturated carbocycles. The van der Waals surface area contributed by atoms with Crippen LogP contribution in [-0.2, 0) is 26.2 Å². The number of unbranched alkanes of at least 4 members (excludes halogenated alkanes) is 3. The van der Waals surface area contributed by atoms with Crippen molar-refractivity contribution in [1.29, 1.82) is 0 Å². The standard InChI is InChI=1S/C5H5.3C4H10O.C3H9Ge.Zr/c1-2-4-5-3-1;3*1-2-3-4-5;1-4(2)3;/h1-3H,4H2;3*5H,2-4H2,1H3;1-3H3;/q-1;;;;;. The smallest absolute Gasteiger partial charge is 0 e. The topological polar surface area (TPSA) is 60.7 Å². The molecule has 1 aliphatic carbocycles. The molecule has 1 aliphatic rings. The summed E-state index contributed by atoms with van der Waals surface area (Å²) in [4.78, 5) is 0. The van der Waals surface area contributed by atoms with E-state index in [1.54, 1.807) is 0 Å². The third-order valence-electron chi connectivity index (χ3n) is 2.12. The van der Waals surface area contributed by atoms with E-state index in [2.05, 4.69) is 50.2 Å². The van der Waals surface area contributed by atoms with Gasteiger partial charge in [0.15, 0.2) is 0 Å². The molecule has 0 aromatic heterocycles. The van der Waals surface area contributed by atoms with Gasteiger partial charge < -0.3 is 15.3 Å². The Balaban J connectivity index is -0.0000000662. The van der Waals surface area contributed by atoms with E-state index in [0.717, 1.165) is 44.9 Å². The summed E-state index contributed by atoms with van der Waals surface area (Å²) in [6.07, 6.45) is 16.1. The van der Waals surface area contributed by atoms with Crippen molar-refractivity contribution in [2.75, 3.05) is 19.8 Å². The summed E-state index contributed by atoms with van der Waals surface area (Å²) in [6.45, 7) is 7.19. The third-order valence-corrected chi connectivity index (χ3v) is 2.12. The molecule has 0 aliphatic heterocycles. The van der Waals surface area contributed by atoms with Gasteiger partial charge in [0.2, 0.25) is 0 Å². The van der Waals surface area contributed by atoms with E-state index in [1.807, 2.05) is 12.2 Å². The fourth-order valence-corrected chi connectivity index (χ4v) is 0.815. The summed E-state index contributed by atoms with van der Waals surface area (Å²) in [6, 6.07) is 0. The Labute approximate surface area is 182 Å². The molecule has 0 aromatic carbocycles. The molecular weight excluding hydrogens is 452 g/mol. The van der Waals surface area contributed by atoms with E-state index in [-0.39, 0.29) is 40.6 Å². The molecule has 3 nitrogen and oxygen atoms in total. The minimum Gasteiger partial charge on any atom is 0 e. The second kappa shape index (κ2) is 44.3. The van der Waals surface area contributed by atoms with Crippen molar-refractivity contribution in [3.8, 4) is 0 Å². The first-order valence-electron chi connectivity index (χ1n) is 9.29. The number of hydrogen-bond acceptors (Lipinski definition) is 3. The molecule has 1 rings (SSSR count). The predicted octanol–water partition coefficient (Wildman–Crippen LogP) is 5.01. The predicted molar refractivity (Wildman–Crippen MR) is 111 cm³/mol. The van der Waals surface area contributed by atoms with Crippen molar-refractivity contribution >= 4 is 14.3 Å². The third kappa shape index (κ3) is 92.6. The molecule has 0 amide bonds. The van der Waals surface area contributed by atoms with E-state index in [1.165, 1.54) is 0 Å². The molecule has 0 fully saturated rings. The Morgan fingerprint density at radius 3 is 1.16 bits per heavy atom. The molecule has 3 N–H and O–H groups in total. The average Bonchev–Trinajstić information content (AvgIpc) is 3.10. The zero-order valence-corrected chi connectivity index (χ0v) is 22.2. The Morgan fingerprint density at radius 1 is 0.800 bits per heavy atom. The zero-order chi connectivity index (χ0) is 19.5. The van der Waals surface area contributed by atoms with Gasteiger partial charge in [-0.05, 0) is 19.3 Å². The van der Waals surface area contributed by atoms with Crippen LogP contribution < -0.4 is 0 Å². The van der Waals surface area contributed by atoms with Crippen molar-refractivity contribution in [3.63, 3.8) is 0 Å². The minimum atomic E-state index is -0.333. The molecule has 0 heterocycles. The normalized spacial score (nSPS) is 10.0. The van der Waals surface area contributed by atoms with Crippen LogP contribution >= 0.6 is 0 Å². The number of allylic oxidation sites excluding steroid dienone is 4. The number of rotatable bonds is 6. The number of hydrogen-bond donors (Lipinski definition) is 3. The van der Waals surface area contributed by atoms with E-state index >= 15 is 0 Å². The number of aliphatic hydroxyl groups is 3. The van der Waals surface area contributed by atoms with Crippen LogP contribution in [0, 0.1) is 6.08 Å². The van der Waals surface area contributed by atoms with Gasteiger partial charge in [-0.25, -0.2) is 12.2 Å². The largest absolute Gasteiger partial charge is 0 e.